The molecule has 11 heteroatoms. The van der Waals surface area contributed by atoms with E-state index in [1.165, 1.54) is 17.0 Å². The van der Waals surface area contributed by atoms with Crippen molar-refractivity contribution in [2.45, 2.75) is 62.9 Å². The summed E-state index contributed by atoms with van der Waals surface area (Å²) in [6.45, 7) is 3.29. The highest BCUT2D eigenvalue weighted by Crippen LogP contribution is 2.48. The Kier molecular flexibility index (Phi) is 8.06. The fourth-order valence-electron chi connectivity index (χ4n) is 7.67. The molecule has 46 heavy (non-hydrogen) atoms. The average molecular weight is 630 g/mol. The molecule has 3 amide bonds. The molecule has 4 aliphatic rings. The number of aromatic nitrogens is 1. The van der Waals surface area contributed by atoms with Gasteiger partial charge in [0.2, 0.25) is 17.7 Å². The maximum Gasteiger partial charge on any atom is 0.245 e. The Balaban J connectivity index is 1.09. The van der Waals surface area contributed by atoms with Gasteiger partial charge in [0, 0.05) is 37.7 Å². The highest BCUT2D eigenvalue weighted by molar-refractivity contribution is 6.08. The van der Waals surface area contributed by atoms with E-state index in [0.717, 1.165) is 53.3 Å². The second-order valence-electron chi connectivity index (χ2n) is 12.9. The van der Waals surface area contributed by atoms with Crippen LogP contribution in [-0.2, 0) is 43.8 Å². The standard InChI is InChI=1S/C35H37F2N5O4/c1-2-21-4-3-5-27-32(21)41-34(45)35(27)15-23-13-30(39-17-24(23)16-35)40-31(43)19-42-29(22-11-25(36)14-26(37)12-22)18-38-28(33(42)44)10-20-6-8-46-9-7-20/h3-5,11-14,17,20,28-29,38H,2,6-10,15-16,18-19H2,1H3,(H,41,45)(H,39,40,43). The van der Waals surface area contributed by atoms with Gasteiger partial charge in [-0.25, -0.2) is 13.8 Å². The SMILES string of the molecule is CCc1cccc2c1NC(=O)C21Cc2cnc(NC(=O)CN3C(=O)C(CC4CCOCC4)NCC3c3cc(F)cc(F)c3)cc2C1. The number of nitrogens with one attached hydrogen (secondary N) is 3. The van der Waals surface area contributed by atoms with Gasteiger partial charge in [0.25, 0.3) is 0 Å². The van der Waals surface area contributed by atoms with Crippen LogP contribution < -0.4 is 16.0 Å². The molecule has 4 heterocycles. The number of nitrogens with zero attached hydrogens (tertiary/aromatic N) is 2. The number of pyridine rings is 1. The monoisotopic (exact) mass is 629 g/mol. The fraction of sp³-hybridized carbons (Fsp3) is 0.429. The van der Waals surface area contributed by atoms with Gasteiger partial charge in [-0.3, -0.25) is 14.4 Å². The van der Waals surface area contributed by atoms with E-state index in [9.17, 15) is 23.2 Å². The van der Waals surface area contributed by atoms with Gasteiger partial charge >= 0.3 is 0 Å². The summed E-state index contributed by atoms with van der Waals surface area (Å²) in [6, 6.07) is 9.75. The molecule has 7 rings (SSSR count). The number of hydrogen-bond donors (Lipinski definition) is 3. The number of piperazine rings is 1. The van der Waals surface area contributed by atoms with E-state index in [1.807, 2.05) is 18.2 Å². The summed E-state index contributed by atoms with van der Waals surface area (Å²) in [7, 11) is 0. The number of aryl methyl sites for hydroxylation is 1. The summed E-state index contributed by atoms with van der Waals surface area (Å²) in [6.07, 6.45) is 5.81. The summed E-state index contributed by atoms with van der Waals surface area (Å²) in [4.78, 5) is 46.5. The molecular weight excluding hydrogens is 592 g/mol. The van der Waals surface area contributed by atoms with Crippen molar-refractivity contribution in [3.63, 3.8) is 0 Å². The first kappa shape index (κ1) is 30.4. The van der Waals surface area contributed by atoms with E-state index >= 15 is 0 Å². The largest absolute Gasteiger partial charge is 0.381 e. The van der Waals surface area contributed by atoms with Gasteiger partial charge in [-0.15, -0.1) is 0 Å². The van der Waals surface area contributed by atoms with Crippen LogP contribution in [0.15, 0.2) is 48.7 Å². The zero-order valence-electron chi connectivity index (χ0n) is 25.7. The van der Waals surface area contributed by atoms with Crippen LogP contribution in [0, 0.1) is 17.6 Å². The number of carbonyl (C=O) groups is 3. The molecular formula is C35H37F2N5O4. The van der Waals surface area contributed by atoms with E-state index in [4.69, 9.17) is 4.74 Å². The third kappa shape index (κ3) is 5.55. The van der Waals surface area contributed by atoms with E-state index in [-0.39, 0.29) is 30.5 Å². The number of benzene rings is 2. The molecule has 0 saturated carbocycles. The molecule has 2 fully saturated rings. The molecule has 3 unspecified atom stereocenters. The van der Waals surface area contributed by atoms with Crippen LogP contribution >= 0.6 is 0 Å². The first-order valence-electron chi connectivity index (χ1n) is 16.0. The van der Waals surface area contributed by atoms with Crippen molar-refractivity contribution in [2.24, 2.45) is 5.92 Å². The molecule has 240 valence electrons. The number of amides is 3. The van der Waals surface area contributed by atoms with Crippen molar-refractivity contribution in [3.05, 3.63) is 88.1 Å². The van der Waals surface area contributed by atoms with Crippen molar-refractivity contribution >= 4 is 29.2 Å². The molecule has 1 aliphatic carbocycles. The number of halogens is 2. The molecule has 9 nitrogen and oxygen atoms in total. The highest BCUT2D eigenvalue weighted by atomic mass is 19.1. The van der Waals surface area contributed by atoms with E-state index in [2.05, 4.69) is 27.9 Å². The normalized spacial score (nSPS) is 24.2. The number of carbonyl (C=O) groups excluding carboxylic acids is 3. The molecule has 3 aromatic rings. The lowest BCUT2D eigenvalue weighted by Crippen LogP contribution is -2.58. The van der Waals surface area contributed by atoms with E-state index in [1.54, 1.807) is 12.3 Å². The Morgan fingerprint density at radius 3 is 2.61 bits per heavy atom. The second kappa shape index (κ2) is 12.2. The quantitative estimate of drug-likeness (QED) is 0.361. The average Bonchev–Trinajstić information content (AvgIpc) is 3.55. The minimum atomic E-state index is -0.749. The van der Waals surface area contributed by atoms with Crippen LogP contribution in [0.4, 0.5) is 20.3 Å². The maximum absolute atomic E-state index is 14.2. The van der Waals surface area contributed by atoms with Gasteiger partial charge in [0.1, 0.15) is 24.0 Å². The van der Waals surface area contributed by atoms with Gasteiger partial charge in [0.05, 0.1) is 17.5 Å². The third-order valence-corrected chi connectivity index (χ3v) is 10.1. The fourth-order valence-corrected chi connectivity index (χ4v) is 7.67. The van der Waals surface area contributed by atoms with Crippen molar-refractivity contribution in [1.29, 1.82) is 0 Å². The van der Waals surface area contributed by atoms with Gasteiger partial charge in [0.15, 0.2) is 0 Å². The van der Waals surface area contributed by atoms with Crippen LogP contribution in [0.25, 0.3) is 0 Å². The minimum absolute atomic E-state index is 0.0301. The molecule has 3 aliphatic heterocycles. The topological polar surface area (TPSA) is 113 Å². The van der Waals surface area contributed by atoms with Crippen molar-refractivity contribution in [2.75, 3.05) is 36.9 Å². The second-order valence-corrected chi connectivity index (χ2v) is 12.9. The molecule has 0 radical (unpaired) electrons. The first-order chi connectivity index (χ1) is 22.2. The maximum atomic E-state index is 14.2. The summed E-state index contributed by atoms with van der Waals surface area (Å²) in [5.41, 5.74) is 4.42. The van der Waals surface area contributed by atoms with Crippen LogP contribution in [-0.4, -0.2) is 60.0 Å². The highest BCUT2D eigenvalue weighted by Gasteiger charge is 2.51. The lowest BCUT2D eigenvalue weighted by molar-refractivity contribution is -0.142. The van der Waals surface area contributed by atoms with Crippen LogP contribution in [0.5, 0.6) is 0 Å². The number of rotatable bonds is 7. The number of hydrogen-bond acceptors (Lipinski definition) is 6. The zero-order valence-corrected chi connectivity index (χ0v) is 25.7. The number of fused-ring (bicyclic) bond motifs is 3. The van der Waals surface area contributed by atoms with Gasteiger partial charge in [-0.2, -0.15) is 0 Å². The summed E-state index contributed by atoms with van der Waals surface area (Å²) < 4.78 is 33.9. The molecule has 2 saturated heterocycles. The lowest BCUT2D eigenvalue weighted by atomic mass is 9.78. The van der Waals surface area contributed by atoms with Crippen LogP contribution in [0.2, 0.25) is 0 Å². The lowest BCUT2D eigenvalue weighted by Gasteiger charge is -2.41. The molecule has 2 aromatic carbocycles. The summed E-state index contributed by atoms with van der Waals surface area (Å²) in [5.74, 6) is -1.67. The molecule has 1 spiro atoms. The van der Waals surface area contributed by atoms with Crippen LogP contribution in [0.3, 0.4) is 0 Å². The predicted octanol–water partition coefficient (Wildman–Crippen LogP) is 4.21. The number of anilines is 2. The number of para-hydroxylation sites is 1. The zero-order chi connectivity index (χ0) is 32.0. The Labute approximate surface area is 266 Å². The van der Waals surface area contributed by atoms with Gasteiger partial charge in [-0.1, -0.05) is 25.1 Å². The predicted molar refractivity (Wildman–Crippen MR) is 167 cm³/mol. The first-order valence-corrected chi connectivity index (χ1v) is 16.0. The summed E-state index contributed by atoms with van der Waals surface area (Å²) >= 11 is 0. The van der Waals surface area contributed by atoms with E-state index < -0.39 is 35.0 Å². The smallest absolute Gasteiger partial charge is 0.245 e. The third-order valence-electron chi connectivity index (χ3n) is 10.1. The van der Waals surface area contributed by atoms with Crippen molar-refractivity contribution in [3.8, 4) is 0 Å². The van der Waals surface area contributed by atoms with Crippen molar-refractivity contribution < 1.29 is 27.9 Å². The molecule has 0 bridgehead atoms. The Morgan fingerprint density at radius 1 is 1.09 bits per heavy atom. The number of ether oxygens (including phenoxy) is 1. The van der Waals surface area contributed by atoms with Crippen molar-refractivity contribution in [1.82, 2.24) is 15.2 Å². The molecule has 1 aromatic heterocycles. The Bertz CT molecular complexity index is 1690. The molecule has 3 atom stereocenters. The molecule has 3 N–H and O–H groups in total. The summed E-state index contributed by atoms with van der Waals surface area (Å²) in [5, 5.41) is 9.21. The minimum Gasteiger partial charge on any atom is -0.381 e. The van der Waals surface area contributed by atoms with Crippen LogP contribution in [0.1, 0.15) is 60.0 Å². The van der Waals surface area contributed by atoms with Gasteiger partial charge < -0.3 is 25.6 Å². The van der Waals surface area contributed by atoms with E-state index in [0.29, 0.717) is 44.2 Å². The Hall–Kier alpha value is -4.22. The Morgan fingerprint density at radius 2 is 1.85 bits per heavy atom. The van der Waals surface area contributed by atoms with Gasteiger partial charge in [-0.05, 0) is 90.5 Å².